The molecule has 0 saturated carbocycles. The lowest BCUT2D eigenvalue weighted by molar-refractivity contribution is -0.00821. The van der Waals surface area contributed by atoms with Gasteiger partial charge in [-0.05, 0) is 81.5 Å². The molecule has 0 spiro atoms. The fraction of sp³-hybridized carbons (Fsp3) is 0.556. The number of likely N-dealkylation sites (tertiary alicyclic amines) is 1. The third kappa shape index (κ3) is 4.42. The van der Waals surface area contributed by atoms with E-state index in [0.717, 1.165) is 13.2 Å². The minimum absolute atomic E-state index is 0.0407. The van der Waals surface area contributed by atoms with Crippen molar-refractivity contribution >= 4 is 28.0 Å². The van der Waals surface area contributed by atoms with Crippen molar-refractivity contribution in [3.8, 4) is 0 Å². The van der Waals surface area contributed by atoms with Gasteiger partial charge in [-0.1, -0.05) is 36.4 Å². The van der Waals surface area contributed by atoms with E-state index < -0.39 is 0 Å². The van der Waals surface area contributed by atoms with E-state index in [0.29, 0.717) is 11.5 Å². The second-order valence-electron chi connectivity index (χ2n) is 9.96. The van der Waals surface area contributed by atoms with Gasteiger partial charge in [-0.3, -0.25) is 4.90 Å². The molecule has 0 amide bonds. The van der Waals surface area contributed by atoms with Gasteiger partial charge in [-0.2, -0.15) is 0 Å². The summed E-state index contributed by atoms with van der Waals surface area (Å²) in [5.41, 5.74) is 3.15. The summed E-state index contributed by atoms with van der Waals surface area (Å²) in [6.45, 7) is 8.09. The van der Waals surface area contributed by atoms with E-state index in [4.69, 9.17) is 4.74 Å². The summed E-state index contributed by atoms with van der Waals surface area (Å²) in [4.78, 5) is 5.71. The summed E-state index contributed by atoms with van der Waals surface area (Å²) in [6.07, 6.45) is 10.2. The molecule has 0 aliphatic carbocycles. The van der Waals surface area contributed by atoms with Crippen LogP contribution in [-0.4, -0.2) is 36.5 Å². The number of thioether (sulfide) groups is 1. The third-order valence-electron chi connectivity index (χ3n) is 7.82. The highest BCUT2D eigenvalue weighted by atomic mass is 32.2. The van der Waals surface area contributed by atoms with Gasteiger partial charge in [0.25, 0.3) is 0 Å². The Hall–Kier alpha value is -1.07. The number of thiophene rings is 1. The van der Waals surface area contributed by atoms with Gasteiger partial charge >= 0.3 is 0 Å². The molecule has 2 saturated heterocycles. The van der Waals surface area contributed by atoms with Crippen LogP contribution in [0.15, 0.2) is 47.9 Å². The topological polar surface area (TPSA) is 12.5 Å². The molecule has 3 aliphatic rings. The van der Waals surface area contributed by atoms with Crippen molar-refractivity contribution in [2.75, 3.05) is 25.4 Å². The number of hydrogen-bond donors (Lipinski definition) is 0. The Morgan fingerprint density at radius 1 is 1.19 bits per heavy atom. The zero-order chi connectivity index (χ0) is 21.3. The number of hydrogen-bond acceptors (Lipinski definition) is 4. The number of benzene rings is 1. The van der Waals surface area contributed by atoms with Crippen molar-refractivity contribution in [3.63, 3.8) is 0 Å². The van der Waals surface area contributed by atoms with Crippen molar-refractivity contribution in [2.45, 2.75) is 64.0 Å². The Kier molecular flexibility index (Phi) is 6.35. The van der Waals surface area contributed by atoms with Gasteiger partial charge in [-0.25, -0.2) is 0 Å². The Morgan fingerprint density at radius 3 is 2.74 bits per heavy atom. The van der Waals surface area contributed by atoms with Crippen LogP contribution in [0, 0.1) is 5.41 Å². The second kappa shape index (κ2) is 9.05. The van der Waals surface area contributed by atoms with Crippen LogP contribution in [-0.2, 0) is 16.7 Å². The molecule has 5 rings (SSSR count). The lowest BCUT2D eigenvalue weighted by atomic mass is 9.75. The van der Waals surface area contributed by atoms with Gasteiger partial charge in [0, 0.05) is 39.6 Å². The molecule has 2 unspecified atom stereocenters. The smallest absolute Gasteiger partial charge is 0.0645 e. The molecule has 166 valence electrons. The summed E-state index contributed by atoms with van der Waals surface area (Å²) < 4.78 is 6.32. The first-order valence-corrected chi connectivity index (χ1v) is 13.8. The summed E-state index contributed by atoms with van der Waals surface area (Å²) in [6, 6.07) is 13.9. The van der Waals surface area contributed by atoms with Crippen LogP contribution >= 0.6 is 23.1 Å². The summed E-state index contributed by atoms with van der Waals surface area (Å²) in [5.74, 6) is 1.23. The van der Waals surface area contributed by atoms with Gasteiger partial charge in [0.2, 0.25) is 0 Å². The maximum atomic E-state index is 6.32. The number of rotatable bonds is 7. The van der Waals surface area contributed by atoms with E-state index >= 15 is 0 Å². The lowest BCUT2D eigenvalue weighted by Gasteiger charge is -2.40. The first-order valence-electron chi connectivity index (χ1n) is 11.9. The lowest BCUT2D eigenvalue weighted by Crippen LogP contribution is -2.44. The molecular weight excluding hydrogens is 418 g/mol. The molecule has 3 aliphatic heterocycles. The first-order chi connectivity index (χ1) is 15.1. The van der Waals surface area contributed by atoms with Crippen molar-refractivity contribution in [1.29, 1.82) is 0 Å². The minimum Gasteiger partial charge on any atom is -0.378 e. The molecule has 2 atom stereocenters. The number of aryl methyl sites for hydroxylation is 1. The monoisotopic (exact) mass is 453 g/mol. The van der Waals surface area contributed by atoms with Crippen LogP contribution in [0.25, 0.3) is 4.91 Å². The van der Waals surface area contributed by atoms with Crippen LogP contribution in [0.5, 0.6) is 0 Å². The van der Waals surface area contributed by atoms with Crippen LogP contribution in [0.2, 0.25) is 0 Å². The molecular formula is C27H35NOS2. The van der Waals surface area contributed by atoms with Gasteiger partial charge in [0.05, 0.1) is 6.10 Å². The maximum absolute atomic E-state index is 6.32. The standard InChI is InChI=1S/C27H35NOS2/c1-26(2,22-11-9-21(10-12-22)24-7-5-19-31-24)28-16-15-27(20-28,25-8-3-17-29-25)14-13-23-6-4-18-30-23/h4,6-7,9-12,18,25H,3,5,8,13-17,19-20H2,1-2H3. The zero-order valence-corrected chi connectivity index (χ0v) is 20.6. The highest BCUT2D eigenvalue weighted by Gasteiger charge is 2.49. The fourth-order valence-corrected chi connectivity index (χ4v) is 7.44. The summed E-state index contributed by atoms with van der Waals surface area (Å²) in [7, 11) is 0. The molecule has 0 bridgehead atoms. The van der Waals surface area contributed by atoms with E-state index in [-0.39, 0.29) is 5.54 Å². The average molecular weight is 454 g/mol. The van der Waals surface area contributed by atoms with E-state index in [2.05, 4.69) is 66.6 Å². The molecule has 2 aromatic rings. The molecule has 2 nitrogen and oxygen atoms in total. The number of ether oxygens (including phenoxy) is 1. The molecule has 2 fully saturated rings. The molecule has 31 heavy (non-hydrogen) atoms. The first kappa shape index (κ1) is 21.8. The van der Waals surface area contributed by atoms with Crippen LogP contribution in [0.3, 0.4) is 0 Å². The largest absolute Gasteiger partial charge is 0.378 e. The quantitative estimate of drug-likeness (QED) is 0.449. The maximum Gasteiger partial charge on any atom is 0.0645 e. The van der Waals surface area contributed by atoms with Crippen molar-refractivity contribution < 1.29 is 4.74 Å². The van der Waals surface area contributed by atoms with Crippen LogP contribution in [0.1, 0.15) is 62.0 Å². The normalized spacial score (nSPS) is 27.2. The molecule has 4 heterocycles. The van der Waals surface area contributed by atoms with E-state index in [1.807, 2.05) is 23.1 Å². The van der Waals surface area contributed by atoms with E-state index in [9.17, 15) is 0 Å². The van der Waals surface area contributed by atoms with Crippen molar-refractivity contribution in [3.05, 3.63) is 63.9 Å². The number of nitrogens with zero attached hydrogens (tertiary/aromatic N) is 1. The van der Waals surface area contributed by atoms with Crippen molar-refractivity contribution in [1.82, 2.24) is 4.90 Å². The zero-order valence-electron chi connectivity index (χ0n) is 18.9. The van der Waals surface area contributed by atoms with E-state index in [1.54, 1.807) is 0 Å². The molecule has 4 heteroatoms. The SMILES string of the molecule is CC(C)(c1ccc(C2=CCCS2)cc1)N1CCC(CCc2cccs2)(C2CCCO2)C1. The van der Waals surface area contributed by atoms with Gasteiger partial charge in [0.1, 0.15) is 0 Å². The Balaban J connectivity index is 1.33. The van der Waals surface area contributed by atoms with Gasteiger partial charge in [0.15, 0.2) is 0 Å². The molecule has 1 aromatic carbocycles. The molecule has 0 radical (unpaired) electrons. The average Bonchev–Trinajstić information content (AvgIpc) is 3.59. The van der Waals surface area contributed by atoms with Gasteiger partial charge in [-0.15, -0.1) is 23.1 Å². The van der Waals surface area contributed by atoms with Crippen LogP contribution < -0.4 is 0 Å². The Labute approximate surface area is 196 Å². The molecule has 1 aromatic heterocycles. The van der Waals surface area contributed by atoms with Crippen molar-refractivity contribution in [2.24, 2.45) is 5.41 Å². The number of allylic oxidation sites excluding steroid dienone is 1. The minimum atomic E-state index is 0.0407. The Morgan fingerprint density at radius 2 is 2.06 bits per heavy atom. The molecule has 0 N–H and O–H groups in total. The van der Waals surface area contributed by atoms with Gasteiger partial charge < -0.3 is 4.74 Å². The van der Waals surface area contributed by atoms with E-state index in [1.165, 1.54) is 71.7 Å². The summed E-state index contributed by atoms with van der Waals surface area (Å²) >= 11 is 3.89. The third-order valence-corrected chi connectivity index (χ3v) is 9.91. The Bertz CT molecular complexity index is 896. The summed E-state index contributed by atoms with van der Waals surface area (Å²) in [5, 5.41) is 2.21. The predicted octanol–water partition coefficient (Wildman–Crippen LogP) is 6.96. The van der Waals surface area contributed by atoms with Crippen LogP contribution in [0.4, 0.5) is 0 Å². The predicted molar refractivity (Wildman–Crippen MR) is 135 cm³/mol. The second-order valence-corrected chi connectivity index (χ2v) is 12.1. The highest BCUT2D eigenvalue weighted by molar-refractivity contribution is 8.08. The fourth-order valence-electron chi connectivity index (χ4n) is 5.73. The highest BCUT2D eigenvalue weighted by Crippen LogP contribution is 2.47.